The number of benzene rings is 2. The van der Waals surface area contributed by atoms with Crippen LogP contribution in [0.2, 0.25) is 0 Å². The number of carbonyl (C=O) groups is 1. The van der Waals surface area contributed by atoms with Crippen molar-refractivity contribution in [1.29, 1.82) is 0 Å². The van der Waals surface area contributed by atoms with Gasteiger partial charge in [0.05, 0.1) is 18.3 Å². The Bertz CT molecular complexity index is 814. The van der Waals surface area contributed by atoms with Crippen LogP contribution in [0, 0.1) is 6.92 Å². The molecule has 0 bridgehead atoms. The summed E-state index contributed by atoms with van der Waals surface area (Å²) in [6, 6.07) is 21.4. The van der Waals surface area contributed by atoms with E-state index in [2.05, 4.69) is 15.6 Å². The molecule has 4 nitrogen and oxygen atoms in total. The number of para-hydroxylation sites is 1. The second kappa shape index (κ2) is 7.42. The molecule has 3 aromatic rings. The standard InChI is InChI=1S/C20H19N3O/c1-15-7-5-6-10-18(15)23-19-12-11-17(14-21-19)22-20(24)13-16-8-3-2-4-9-16/h2-12,14H,13H2,1H3,(H,21,23)(H,22,24). The third kappa shape index (κ3) is 4.20. The number of hydrogen-bond acceptors (Lipinski definition) is 3. The van der Waals surface area contributed by atoms with E-state index in [1.807, 2.05) is 73.7 Å². The number of anilines is 3. The van der Waals surface area contributed by atoms with Gasteiger partial charge in [-0.1, -0.05) is 48.5 Å². The van der Waals surface area contributed by atoms with Crippen molar-refractivity contribution in [2.75, 3.05) is 10.6 Å². The number of aromatic nitrogens is 1. The lowest BCUT2D eigenvalue weighted by molar-refractivity contribution is -0.115. The van der Waals surface area contributed by atoms with E-state index in [0.717, 1.165) is 22.6 Å². The fraction of sp³-hybridized carbons (Fsp3) is 0.100. The summed E-state index contributed by atoms with van der Waals surface area (Å²) >= 11 is 0. The highest BCUT2D eigenvalue weighted by atomic mass is 16.1. The number of aryl methyl sites for hydroxylation is 1. The molecule has 0 aliphatic heterocycles. The maximum absolute atomic E-state index is 12.0. The van der Waals surface area contributed by atoms with Crippen LogP contribution in [0.25, 0.3) is 0 Å². The predicted octanol–water partition coefficient (Wildman–Crippen LogP) is 4.31. The summed E-state index contributed by atoms with van der Waals surface area (Å²) in [5.41, 5.74) is 3.84. The Balaban J connectivity index is 1.60. The average molecular weight is 317 g/mol. The highest BCUT2D eigenvalue weighted by molar-refractivity contribution is 5.92. The lowest BCUT2D eigenvalue weighted by atomic mass is 10.1. The number of carbonyl (C=O) groups excluding carboxylic acids is 1. The van der Waals surface area contributed by atoms with Gasteiger partial charge in [-0.2, -0.15) is 0 Å². The molecule has 0 atom stereocenters. The van der Waals surface area contributed by atoms with E-state index in [-0.39, 0.29) is 5.91 Å². The molecular formula is C20H19N3O. The van der Waals surface area contributed by atoms with Gasteiger partial charge in [0, 0.05) is 5.69 Å². The summed E-state index contributed by atoms with van der Waals surface area (Å²) in [5.74, 6) is 0.688. The average Bonchev–Trinajstić information content (AvgIpc) is 2.59. The SMILES string of the molecule is Cc1ccccc1Nc1ccc(NC(=O)Cc2ccccc2)cn1. The molecule has 0 saturated heterocycles. The molecule has 0 unspecified atom stereocenters. The summed E-state index contributed by atoms with van der Waals surface area (Å²) in [5, 5.41) is 6.13. The van der Waals surface area contributed by atoms with Gasteiger partial charge in [-0.25, -0.2) is 4.98 Å². The van der Waals surface area contributed by atoms with E-state index < -0.39 is 0 Å². The van der Waals surface area contributed by atoms with Gasteiger partial charge >= 0.3 is 0 Å². The quantitative estimate of drug-likeness (QED) is 0.737. The van der Waals surface area contributed by atoms with E-state index in [1.165, 1.54) is 0 Å². The summed E-state index contributed by atoms with van der Waals surface area (Å²) in [6.45, 7) is 2.04. The van der Waals surface area contributed by atoms with Gasteiger partial charge in [0.2, 0.25) is 5.91 Å². The maximum Gasteiger partial charge on any atom is 0.228 e. The molecule has 0 radical (unpaired) electrons. The molecule has 2 aromatic carbocycles. The summed E-state index contributed by atoms with van der Waals surface area (Å²) in [7, 11) is 0. The van der Waals surface area contributed by atoms with Crippen molar-refractivity contribution < 1.29 is 4.79 Å². The minimum atomic E-state index is -0.0531. The molecule has 24 heavy (non-hydrogen) atoms. The van der Waals surface area contributed by atoms with Crippen LogP contribution in [-0.2, 0) is 11.2 Å². The van der Waals surface area contributed by atoms with Crippen molar-refractivity contribution in [3.63, 3.8) is 0 Å². The van der Waals surface area contributed by atoms with Gasteiger partial charge in [0.25, 0.3) is 0 Å². The normalized spacial score (nSPS) is 10.2. The van der Waals surface area contributed by atoms with Gasteiger partial charge in [-0.3, -0.25) is 4.79 Å². The Labute approximate surface area is 141 Å². The number of amides is 1. The van der Waals surface area contributed by atoms with E-state index in [1.54, 1.807) is 6.20 Å². The Kier molecular flexibility index (Phi) is 4.87. The topological polar surface area (TPSA) is 54.0 Å². The highest BCUT2D eigenvalue weighted by Crippen LogP contribution is 2.19. The molecule has 1 amide bonds. The number of rotatable bonds is 5. The first-order chi connectivity index (χ1) is 11.7. The summed E-state index contributed by atoms with van der Waals surface area (Å²) in [4.78, 5) is 16.4. The smallest absolute Gasteiger partial charge is 0.228 e. The summed E-state index contributed by atoms with van der Waals surface area (Å²) < 4.78 is 0. The van der Waals surface area contributed by atoms with Crippen molar-refractivity contribution in [2.24, 2.45) is 0 Å². The Morgan fingerprint density at radius 3 is 2.42 bits per heavy atom. The first-order valence-electron chi connectivity index (χ1n) is 7.83. The molecule has 0 saturated carbocycles. The molecule has 0 fully saturated rings. The van der Waals surface area contributed by atoms with Crippen molar-refractivity contribution in [3.05, 3.63) is 84.1 Å². The molecule has 120 valence electrons. The molecule has 0 spiro atoms. The van der Waals surface area contributed by atoms with Crippen LogP contribution in [0.5, 0.6) is 0 Å². The zero-order valence-corrected chi connectivity index (χ0v) is 13.5. The zero-order valence-electron chi connectivity index (χ0n) is 13.5. The van der Waals surface area contributed by atoms with Crippen molar-refractivity contribution >= 4 is 23.1 Å². The van der Waals surface area contributed by atoms with Gasteiger partial charge in [-0.15, -0.1) is 0 Å². The third-order valence-corrected chi connectivity index (χ3v) is 3.66. The fourth-order valence-electron chi connectivity index (χ4n) is 2.38. The highest BCUT2D eigenvalue weighted by Gasteiger charge is 2.05. The van der Waals surface area contributed by atoms with Crippen LogP contribution < -0.4 is 10.6 Å². The second-order valence-corrected chi connectivity index (χ2v) is 5.58. The third-order valence-electron chi connectivity index (χ3n) is 3.66. The monoisotopic (exact) mass is 317 g/mol. The predicted molar refractivity (Wildman–Crippen MR) is 97.5 cm³/mol. The molecule has 1 heterocycles. The van der Waals surface area contributed by atoms with Crippen LogP contribution in [0.15, 0.2) is 72.9 Å². The lowest BCUT2D eigenvalue weighted by Gasteiger charge is -2.09. The molecule has 1 aromatic heterocycles. The molecular weight excluding hydrogens is 298 g/mol. The Morgan fingerprint density at radius 2 is 1.71 bits per heavy atom. The van der Waals surface area contributed by atoms with Crippen molar-refractivity contribution in [1.82, 2.24) is 4.98 Å². The second-order valence-electron chi connectivity index (χ2n) is 5.58. The van der Waals surface area contributed by atoms with Crippen LogP contribution in [0.1, 0.15) is 11.1 Å². The number of nitrogens with one attached hydrogen (secondary N) is 2. The van der Waals surface area contributed by atoms with Gasteiger partial charge in [0.15, 0.2) is 0 Å². The maximum atomic E-state index is 12.0. The minimum absolute atomic E-state index is 0.0531. The van der Waals surface area contributed by atoms with Crippen LogP contribution >= 0.6 is 0 Å². The largest absolute Gasteiger partial charge is 0.340 e. The van der Waals surface area contributed by atoms with Gasteiger partial charge < -0.3 is 10.6 Å². The molecule has 0 aliphatic carbocycles. The molecule has 2 N–H and O–H groups in total. The summed E-state index contributed by atoms with van der Waals surface area (Å²) in [6.07, 6.45) is 2.01. The van der Waals surface area contributed by atoms with Crippen molar-refractivity contribution in [2.45, 2.75) is 13.3 Å². The zero-order chi connectivity index (χ0) is 16.8. The van der Waals surface area contributed by atoms with Gasteiger partial charge in [0.1, 0.15) is 5.82 Å². The van der Waals surface area contributed by atoms with Crippen LogP contribution in [0.3, 0.4) is 0 Å². The molecule has 0 aliphatic rings. The van der Waals surface area contributed by atoms with Gasteiger partial charge in [-0.05, 0) is 36.2 Å². The molecule has 4 heteroatoms. The minimum Gasteiger partial charge on any atom is -0.340 e. The molecule has 3 rings (SSSR count). The fourth-order valence-corrected chi connectivity index (χ4v) is 2.38. The Morgan fingerprint density at radius 1 is 0.958 bits per heavy atom. The van der Waals surface area contributed by atoms with E-state index in [9.17, 15) is 4.79 Å². The first-order valence-corrected chi connectivity index (χ1v) is 7.83. The van der Waals surface area contributed by atoms with Crippen molar-refractivity contribution in [3.8, 4) is 0 Å². The van der Waals surface area contributed by atoms with E-state index >= 15 is 0 Å². The van der Waals surface area contributed by atoms with E-state index in [0.29, 0.717) is 12.1 Å². The number of nitrogens with zero attached hydrogens (tertiary/aromatic N) is 1. The first kappa shape index (κ1) is 15.7. The van der Waals surface area contributed by atoms with Crippen LogP contribution in [-0.4, -0.2) is 10.9 Å². The number of pyridine rings is 1. The number of hydrogen-bond donors (Lipinski definition) is 2. The van der Waals surface area contributed by atoms with E-state index in [4.69, 9.17) is 0 Å². The Hall–Kier alpha value is -3.14. The van der Waals surface area contributed by atoms with Crippen LogP contribution in [0.4, 0.5) is 17.2 Å². The lowest BCUT2D eigenvalue weighted by Crippen LogP contribution is -2.14.